The minimum atomic E-state index is -0.470. The van der Waals surface area contributed by atoms with Crippen molar-refractivity contribution in [3.8, 4) is 56.4 Å². The molecule has 7 aromatic carbocycles. The van der Waals surface area contributed by atoms with Crippen molar-refractivity contribution in [2.45, 2.75) is 15.2 Å². The lowest BCUT2D eigenvalue weighted by Gasteiger charge is -2.39. The highest BCUT2D eigenvalue weighted by molar-refractivity contribution is 7.99. The van der Waals surface area contributed by atoms with E-state index < -0.39 is 5.41 Å². The molecule has 2 aliphatic rings. The highest BCUT2D eigenvalue weighted by atomic mass is 32.2. The van der Waals surface area contributed by atoms with Gasteiger partial charge in [0.1, 0.15) is 0 Å². The molecule has 50 heavy (non-hydrogen) atoms. The molecule has 1 aliphatic heterocycles. The third kappa shape index (κ3) is 4.42. The fraction of sp³-hybridized carbons (Fsp3) is 0.0217. The van der Waals surface area contributed by atoms with Gasteiger partial charge in [-0.3, -0.25) is 0 Å². The van der Waals surface area contributed by atoms with Crippen LogP contribution in [0.5, 0.6) is 0 Å². The Kier molecular flexibility index (Phi) is 6.64. The molecule has 0 saturated heterocycles. The molecule has 3 nitrogen and oxygen atoms in total. The average Bonchev–Trinajstić information content (AvgIpc) is 3.48. The van der Waals surface area contributed by atoms with Crippen LogP contribution in [0.4, 0.5) is 0 Å². The first-order chi connectivity index (χ1) is 24.8. The van der Waals surface area contributed by atoms with E-state index in [1.54, 1.807) is 0 Å². The van der Waals surface area contributed by atoms with Crippen LogP contribution in [0.2, 0.25) is 0 Å². The van der Waals surface area contributed by atoms with Crippen LogP contribution in [-0.4, -0.2) is 15.0 Å². The summed E-state index contributed by atoms with van der Waals surface area (Å²) in [4.78, 5) is 18.0. The Morgan fingerprint density at radius 2 is 0.800 bits per heavy atom. The first-order valence-electron chi connectivity index (χ1n) is 16.9. The maximum atomic E-state index is 5.20. The largest absolute Gasteiger partial charge is 0.208 e. The Labute approximate surface area is 295 Å². The second kappa shape index (κ2) is 11.5. The van der Waals surface area contributed by atoms with Crippen molar-refractivity contribution in [2.75, 3.05) is 0 Å². The summed E-state index contributed by atoms with van der Waals surface area (Å²) in [6.07, 6.45) is 0. The molecule has 0 fully saturated rings. The maximum Gasteiger partial charge on any atom is 0.164 e. The van der Waals surface area contributed by atoms with Crippen molar-refractivity contribution in [3.05, 3.63) is 198 Å². The van der Waals surface area contributed by atoms with Crippen LogP contribution in [0, 0.1) is 0 Å². The monoisotopic (exact) mass is 655 g/mol. The number of hydrogen-bond donors (Lipinski definition) is 0. The Bertz CT molecular complexity index is 2530. The molecule has 234 valence electrons. The van der Waals surface area contributed by atoms with Gasteiger partial charge < -0.3 is 0 Å². The summed E-state index contributed by atoms with van der Waals surface area (Å²) >= 11 is 1.86. The third-order valence-corrected chi connectivity index (χ3v) is 11.2. The maximum absolute atomic E-state index is 5.20. The lowest BCUT2D eigenvalue weighted by Crippen LogP contribution is -2.31. The van der Waals surface area contributed by atoms with Gasteiger partial charge in [0.2, 0.25) is 0 Å². The minimum absolute atomic E-state index is 0.470. The van der Waals surface area contributed by atoms with Crippen LogP contribution in [0.3, 0.4) is 0 Å². The summed E-state index contributed by atoms with van der Waals surface area (Å²) < 4.78 is 0. The first kappa shape index (κ1) is 28.9. The van der Waals surface area contributed by atoms with Crippen molar-refractivity contribution in [1.82, 2.24) is 15.0 Å². The fourth-order valence-electron chi connectivity index (χ4n) is 7.81. The molecule has 10 rings (SSSR count). The molecule has 0 amide bonds. The molecule has 4 heteroatoms. The molecular formula is C46H29N3S. The second-order valence-corrected chi connectivity index (χ2v) is 13.9. The summed E-state index contributed by atoms with van der Waals surface area (Å²) in [7, 11) is 0. The van der Waals surface area contributed by atoms with Crippen molar-refractivity contribution < 1.29 is 0 Å². The van der Waals surface area contributed by atoms with Gasteiger partial charge >= 0.3 is 0 Å². The zero-order chi connectivity index (χ0) is 33.1. The molecule has 1 aromatic heterocycles. The zero-order valence-corrected chi connectivity index (χ0v) is 27.8. The van der Waals surface area contributed by atoms with Crippen molar-refractivity contribution in [3.63, 3.8) is 0 Å². The molecule has 0 saturated carbocycles. The first-order valence-corrected chi connectivity index (χ1v) is 17.7. The van der Waals surface area contributed by atoms with Crippen LogP contribution < -0.4 is 0 Å². The van der Waals surface area contributed by atoms with E-state index in [1.807, 2.05) is 36.0 Å². The lowest BCUT2D eigenvalue weighted by molar-refractivity contribution is 0.722. The Balaban J connectivity index is 1.21. The average molecular weight is 656 g/mol. The molecule has 0 bridgehead atoms. The molecule has 2 heterocycles. The number of aromatic nitrogens is 3. The third-order valence-electron chi connectivity index (χ3n) is 10.0. The number of rotatable bonds is 4. The molecule has 0 atom stereocenters. The molecule has 0 N–H and O–H groups in total. The highest BCUT2D eigenvalue weighted by Gasteiger charge is 2.50. The van der Waals surface area contributed by atoms with Gasteiger partial charge in [-0.05, 0) is 68.8 Å². The van der Waals surface area contributed by atoms with Gasteiger partial charge in [0, 0.05) is 26.5 Å². The summed E-state index contributed by atoms with van der Waals surface area (Å²) in [5.41, 5.74) is 12.4. The van der Waals surface area contributed by atoms with Gasteiger partial charge in [-0.1, -0.05) is 163 Å². The van der Waals surface area contributed by atoms with Gasteiger partial charge in [0.15, 0.2) is 17.5 Å². The zero-order valence-electron chi connectivity index (χ0n) is 27.0. The van der Waals surface area contributed by atoms with Crippen LogP contribution >= 0.6 is 11.8 Å². The molecule has 0 radical (unpaired) electrons. The van der Waals surface area contributed by atoms with Crippen LogP contribution in [0.15, 0.2) is 186 Å². The van der Waals surface area contributed by atoms with E-state index in [4.69, 9.17) is 15.0 Å². The molecular weight excluding hydrogens is 627 g/mol. The van der Waals surface area contributed by atoms with E-state index in [0.717, 1.165) is 27.8 Å². The second-order valence-electron chi connectivity index (χ2n) is 12.8. The van der Waals surface area contributed by atoms with Crippen LogP contribution in [0.25, 0.3) is 56.4 Å². The number of nitrogens with zero attached hydrogens (tertiary/aromatic N) is 3. The summed E-state index contributed by atoms with van der Waals surface area (Å²) in [6.45, 7) is 0. The predicted octanol–water partition coefficient (Wildman–Crippen LogP) is 11.4. The van der Waals surface area contributed by atoms with E-state index in [0.29, 0.717) is 17.5 Å². The normalized spacial score (nSPS) is 13.3. The SMILES string of the molecule is c1ccc(-c2cccc(-c3nc(-c4ccccc4)nc(-c4ccc5c(c4)C4(c6ccccc6Sc6ccccc64)c4ccccc4-5)n3)c2)cc1. The van der Waals surface area contributed by atoms with Gasteiger partial charge in [0.05, 0.1) is 5.41 Å². The van der Waals surface area contributed by atoms with Crippen LogP contribution in [0.1, 0.15) is 22.3 Å². The van der Waals surface area contributed by atoms with Gasteiger partial charge in [-0.25, -0.2) is 15.0 Å². The van der Waals surface area contributed by atoms with Crippen LogP contribution in [-0.2, 0) is 5.41 Å². The van der Waals surface area contributed by atoms with E-state index >= 15 is 0 Å². The number of fused-ring (bicyclic) bond motifs is 9. The lowest BCUT2D eigenvalue weighted by atomic mass is 9.67. The minimum Gasteiger partial charge on any atom is -0.208 e. The Morgan fingerprint density at radius 1 is 0.320 bits per heavy atom. The fourth-order valence-corrected chi connectivity index (χ4v) is 9.00. The van der Waals surface area contributed by atoms with Crippen molar-refractivity contribution in [2.24, 2.45) is 0 Å². The number of hydrogen-bond acceptors (Lipinski definition) is 4. The topological polar surface area (TPSA) is 38.7 Å². The van der Waals surface area contributed by atoms with E-state index in [-0.39, 0.29) is 0 Å². The Hall–Kier alpha value is -6.10. The van der Waals surface area contributed by atoms with Crippen molar-refractivity contribution >= 4 is 11.8 Å². The standard InChI is InChI=1S/C46H29N3S/c1-3-14-30(15-4-1)32-18-13-19-33(28-32)44-47-43(31-16-5-2-6-17-31)48-45(49-44)34-26-27-36-35-20-7-8-21-37(35)46(40(36)29-34)38-22-9-11-24-41(38)50-42-25-12-10-23-39(42)46/h1-29H. The molecule has 1 spiro atoms. The summed E-state index contributed by atoms with van der Waals surface area (Å²) in [5, 5.41) is 0. The van der Waals surface area contributed by atoms with Crippen molar-refractivity contribution in [1.29, 1.82) is 0 Å². The quantitative estimate of drug-likeness (QED) is 0.189. The van der Waals surface area contributed by atoms with Gasteiger partial charge in [0.25, 0.3) is 0 Å². The number of benzene rings is 7. The predicted molar refractivity (Wildman–Crippen MR) is 203 cm³/mol. The molecule has 0 unspecified atom stereocenters. The van der Waals surface area contributed by atoms with Gasteiger partial charge in [-0.2, -0.15) is 0 Å². The van der Waals surface area contributed by atoms with E-state index in [9.17, 15) is 0 Å². The molecule has 1 aliphatic carbocycles. The summed E-state index contributed by atoms with van der Waals surface area (Å²) in [6, 6.07) is 62.6. The van der Waals surface area contributed by atoms with Gasteiger partial charge in [-0.15, -0.1) is 0 Å². The smallest absolute Gasteiger partial charge is 0.164 e. The summed E-state index contributed by atoms with van der Waals surface area (Å²) in [5.74, 6) is 1.95. The van der Waals surface area contributed by atoms with E-state index in [2.05, 4.69) is 152 Å². The Morgan fingerprint density at radius 3 is 1.48 bits per heavy atom. The van der Waals surface area contributed by atoms with E-state index in [1.165, 1.54) is 43.2 Å². The molecule has 8 aromatic rings. The highest BCUT2D eigenvalue weighted by Crippen LogP contribution is 2.62.